The Bertz CT molecular complexity index is 1070. The first-order valence-corrected chi connectivity index (χ1v) is 9.54. The number of carbonyl (C=O) groups excluding carboxylic acids is 1. The predicted molar refractivity (Wildman–Crippen MR) is 108 cm³/mol. The van der Waals surface area contributed by atoms with E-state index >= 15 is 0 Å². The zero-order valence-electron chi connectivity index (χ0n) is 15.8. The molecule has 0 saturated carbocycles. The van der Waals surface area contributed by atoms with Gasteiger partial charge in [0, 0.05) is 29.7 Å². The number of furan rings is 1. The van der Waals surface area contributed by atoms with Crippen LogP contribution >= 0.6 is 0 Å². The van der Waals surface area contributed by atoms with Crippen LogP contribution in [0.2, 0.25) is 0 Å². The number of oxazole rings is 1. The zero-order valence-corrected chi connectivity index (χ0v) is 15.8. The quantitative estimate of drug-likeness (QED) is 0.462. The Hall–Kier alpha value is -3.34. The lowest BCUT2D eigenvalue weighted by Crippen LogP contribution is -2.24. The van der Waals surface area contributed by atoms with Crippen molar-refractivity contribution in [2.24, 2.45) is 0 Å². The fourth-order valence-electron chi connectivity index (χ4n) is 3.31. The largest absolute Gasteiger partial charge is 0.464 e. The van der Waals surface area contributed by atoms with Crippen molar-refractivity contribution in [1.29, 1.82) is 0 Å². The Morgan fingerprint density at radius 2 is 1.93 bits per heavy atom. The molecule has 2 aromatic heterocycles. The summed E-state index contributed by atoms with van der Waals surface area (Å²) in [6.07, 6.45) is 3.95. The van der Waals surface area contributed by atoms with Gasteiger partial charge < -0.3 is 14.2 Å². The van der Waals surface area contributed by atoms with E-state index in [1.807, 2.05) is 61.5 Å². The van der Waals surface area contributed by atoms with E-state index in [2.05, 4.69) is 10.3 Å². The summed E-state index contributed by atoms with van der Waals surface area (Å²) in [7, 11) is 0. The van der Waals surface area contributed by atoms with Crippen molar-refractivity contribution in [3.8, 4) is 11.3 Å². The lowest BCUT2D eigenvalue weighted by Gasteiger charge is -2.09. The molecule has 0 spiro atoms. The van der Waals surface area contributed by atoms with Crippen LogP contribution in [0, 0.1) is 0 Å². The molecule has 0 fully saturated rings. The van der Waals surface area contributed by atoms with Gasteiger partial charge in [0.05, 0.1) is 6.26 Å². The highest BCUT2D eigenvalue weighted by atomic mass is 16.3. The van der Waals surface area contributed by atoms with Gasteiger partial charge in [0.1, 0.15) is 11.3 Å². The van der Waals surface area contributed by atoms with Crippen molar-refractivity contribution in [2.45, 2.75) is 26.2 Å². The van der Waals surface area contributed by atoms with E-state index in [9.17, 15) is 4.79 Å². The van der Waals surface area contributed by atoms with Crippen LogP contribution in [0.25, 0.3) is 22.4 Å². The zero-order chi connectivity index (χ0) is 19.3. The van der Waals surface area contributed by atoms with Gasteiger partial charge in [-0.1, -0.05) is 25.1 Å². The van der Waals surface area contributed by atoms with Gasteiger partial charge in [-0.2, -0.15) is 0 Å². The number of benzene rings is 2. The lowest BCUT2D eigenvalue weighted by atomic mass is 9.99. The minimum atomic E-state index is -0.0574. The topological polar surface area (TPSA) is 68.3 Å². The standard InChI is InChI=1S/C23H22N2O3/c1-2-21-25-19-13-12-17(20-11-7-15-27-20)18(22(19)28-21)10-6-14-24-23(26)16-8-4-3-5-9-16/h3-5,7-9,11-13,15H,2,6,10,14H2,1H3,(H,24,26). The summed E-state index contributed by atoms with van der Waals surface area (Å²) in [5.41, 5.74) is 4.40. The van der Waals surface area contributed by atoms with Gasteiger partial charge in [-0.25, -0.2) is 4.98 Å². The number of hydrogen-bond acceptors (Lipinski definition) is 4. The molecule has 28 heavy (non-hydrogen) atoms. The molecule has 0 bridgehead atoms. The summed E-state index contributed by atoms with van der Waals surface area (Å²) >= 11 is 0. The number of rotatable bonds is 7. The van der Waals surface area contributed by atoms with E-state index in [0.29, 0.717) is 12.1 Å². The first-order valence-electron chi connectivity index (χ1n) is 9.54. The number of amides is 1. The predicted octanol–water partition coefficient (Wildman–Crippen LogP) is 5.01. The van der Waals surface area contributed by atoms with Gasteiger partial charge in [0.25, 0.3) is 5.91 Å². The number of aryl methyl sites for hydroxylation is 2. The first-order chi connectivity index (χ1) is 13.8. The monoisotopic (exact) mass is 374 g/mol. The van der Waals surface area contributed by atoms with Crippen LogP contribution in [0.1, 0.15) is 35.2 Å². The van der Waals surface area contributed by atoms with E-state index < -0.39 is 0 Å². The number of fused-ring (bicyclic) bond motifs is 1. The van der Waals surface area contributed by atoms with Crippen LogP contribution in [0.3, 0.4) is 0 Å². The minimum Gasteiger partial charge on any atom is -0.464 e. The molecular weight excluding hydrogens is 352 g/mol. The van der Waals surface area contributed by atoms with Crippen molar-refractivity contribution in [1.82, 2.24) is 10.3 Å². The van der Waals surface area contributed by atoms with Crippen molar-refractivity contribution in [3.05, 3.63) is 77.9 Å². The maximum absolute atomic E-state index is 12.2. The molecular formula is C23H22N2O3. The van der Waals surface area contributed by atoms with Crippen LogP contribution in [0.15, 0.2) is 69.7 Å². The molecule has 1 amide bonds. The molecule has 0 atom stereocenters. The van der Waals surface area contributed by atoms with Gasteiger partial charge in [0.2, 0.25) is 0 Å². The normalized spacial score (nSPS) is 11.0. The number of carbonyl (C=O) groups is 1. The molecule has 0 aliphatic heterocycles. The highest BCUT2D eigenvalue weighted by molar-refractivity contribution is 5.94. The van der Waals surface area contributed by atoms with Crippen LogP contribution in [0.5, 0.6) is 0 Å². The molecule has 2 heterocycles. The smallest absolute Gasteiger partial charge is 0.251 e. The molecule has 4 aromatic rings. The number of nitrogens with one attached hydrogen (secondary N) is 1. The maximum atomic E-state index is 12.2. The average Bonchev–Trinajstić information content (AvgIpc) is 3.41. The van der Waals surface area contributed by atoms with Gasteiger partial charge in [0.15, 0.2) is 11.5 Å². The third-order valence-corrected chi connectivity index (χ3v) is 4.72. The minimum absolute atomic E-state index is 0.0574. The van der Waals surface area contributed by atoms with Crippen LogP contribution in [-0.2, 0) is 12.8 Å². The van der Waals surface area contributed by atoms with Gasteiger partial charge >= 0.3 is 0 Å². The summed E-state index contributed by atoms with van der Waals surface area (Å²) in [5.74, 6) is 1.47. The Morgan fingerprint density at radius 1 is 1.07 bits per heavy atom. The summed E-state index contributed by atoms with van der Waals surface area (Å²) < 4.78 is 11.6. The number of aromatic nitrogens is 1. The Kier molecular flexibility index (Phi) is 5.24. The van der Waals surface area contributed by atoms with Gasteiger partial charge in [-0.05, 0) is 49.2 Å². The van der Waals surface area contributed by atoms with Gasteiger partial charge in [-0.3, -0.25) is 4.79 Å². The molecule has 4 rings (SSSR count). The van der Waals surface area contributed by atoms with E-state index in [1.54, 1.807) is 6.26 Å². The molecule has 0 aliphatic rings. The molecule has 0 unspecified atom stereocenters. The van der Waals surface area contributed by atoms with Crippen LogP contribution < -0.4 is 5.32 Å². The van der Waals surface area contributed by atoms with Crippen molar-refractivity contribution < 1.29 is 13.6 Å². The third kappa shape index (κ3) is 3.69. The Balaban J connectivity index is 1.52. The molecule has 0 aliphatic carbocycles. The second-order valence-corrected chi connectivity index (χ2v) is 6.60. The Morgan fingerprint density at radius 3 is 2.68 bits per heavy atom. The highest BCUT2D eigenvalue weighted by Crippen LogP contribution is 2.32. The van der Waals surface area contributed by atoms with Crippen molar-refractivity contribution >= 4 is 17.0 Å². The summed E-state index contributed by atoms with van der Waals surface area (Å²) in [4.78, 5) is 16.8. The summed E-state index contributed by atoms with van der Waals surface area (Å²) in [6.45, 7) is 2.60. The molecule has 2 aromatic carbocycles. The molecule has 142 valence electrons. The fraction of sp³-hybridized carbons (Fsp3) is 0.217. The second kappa shape index (κ2) is 8.13. The van der Waals surface area contributed by atoms with E-state index in [-0.39, 0.29) is 5.91 Å². The van der Waals surface area contributed by atoms with E-state index in [4.69, 9.17) is 8.83 Å². The highest BCUT2D eigenvalue weighted by Gasteiger charge is 2.16. The Labute approximate surface area is 163 Å². The van der Waals surface area contributed by atoms with Crippen molar-refractivity contribution in [2.75, 3.05) is 6.54 Å². The average molecular weight is 374 g/mol. The number of nitrogens with zero attached hydrogens (tertiary/aromatic N) is 1. The third-order valence-electron chi connectivity index (χ3n) is 4.72. The summed E-state index contributed by atoms with van der Waals surface area (Å²) in [6, 6.07) is 17.1. The van der Waals surface area contributed by atoms with E-state index in [1.165, 1.54) is 0 Å². The first kappa shape index (κ1) is 18.0. The van der Waals surface area contributed by atoms with Crippen LogP contribution in [0.4, 0.5) is 0 Å². The second-order valence-electron chi connectivity index (χ2n) is 6.60. The molecule has 0 saturated heterocycles. The maximum Gasteiger partial charge on any atom is 0.251 e. The molecule has 5 nitrogen and oxygen atoms in total. The fourth-order valence-corrected chi connectivity index (χ4v) is 3.31. The number of hydrogen-bond donors (Lipinski definition) is 1. The van der Waals surface area contributed by atoms with Gasteiger partial charge in [-0.15, -0.1) is 0 Å². The van der Waals surface area contributed by atoms with Crippen LogP contribution in [-0.4, -0.2) is 17.4 Å². The molecule has 1 N–H and O–H groups in total. The SMILES string of the molecule is CCc1nc2ccc(-c3ccco3)c(CCCNC(=O)c3ccccc3)c2o1. The van der Waals surface area contributed by atoms with Crippen molar-refractivity contribution in [3.63, 3.8) is 0 Å². The molecule has 0 radical (unpaired) electrons. The molecule has 5 heteroatoms. The summed E-state index contributed by atoms with van der Waals surface area (Å²) in [5, 5.41) is 2.98. The lowest BCUT2D eigenvalue weighted by molar-refractivity contribution is 0.0953. The van der Waals surface area contributed by atoms with E-state index in [0.717, 1.165) is 53.1 Å².